The molecule has 0 radical (unpaired) electrons. The first kappa shape index (κ1) is 32.6. The summed E-state index contributed by atoms with van der Waals surface area (Å²) in [5, 5.41) is 2.97. The zero-order valence-electron chi connectivity index (χ0n) is 24.6. The zero-order valence-corrected chi connectivity index (χ0v) is 25.4. The van der Waals surface area contributed by atoms with Gasteiger partial charge in [-0.15, -0.1) is 0 Å². The molecule has 2 amide bonds. The van der Waals surface area contributed by atoms with E-state index in [2.05, 4.69) is 5.32 Å². The Labute approximate surface area is 248 Å². The minimum Gasteiger partial charge on any atom is -0.497 e. The molecule has 3 aromatic rings. The lowest BCUT2D eigenvalue weighted by atomic mass is 10.0. The van der Waals surface area contributed by atoms with Gasteiger partial charge >= 0.3 is 0 Å². The number of methoxy groups -OCH3 is 1. The van der Waals surface area contributed by atoms with Crippen molar-refractivity contribution < 1.29 is 27.1 Å². The topological polar surface area (TPSA) is 96.0 Å². The summed E-state index contributed by atoms with van der Waals surface area (Å²) in [5.41, 5.74) is 2.00. The molecule has 0 spiro atoms. The third kappa shape index (κ3) is 9.87. The standard InChI is InChI=1S/C32H40FN3O5S/c1-24(2)22-34-32(38)30(20-25-10-6-5-7-11-25)35(23-26-15-17-27(33)18-16-26)31(37)14-9-19-36(42(4,39)40)28-12-8-13-29(21-28)41-3/h5-8,10-13,15-18,21,24,30H,9,14,19-20,22-23H2,1-4H3,(H,34,38). The molecule has 0 saturated heterocycles. The Kier molecular flexibility index (Phi) is 11.9. The van der Waals surface area contributed by atoms with E-state index < -0.39 is 21.9 Å². The van der Waals surface area contributed by atoms with E-state index in [9.17, 15) is 22.4 Å². The molecule has 42 heavy (non-hydrogen) atoms. The molecule has 8 nitrogen and oxygen atoms in total. The van der Waals surface area contributed by atoms with Crippen molar-refractivity contribution in [3.8, 4) is 5.75 Å². The molecular weight excluding hydrogens is 557 g/mol. The van der Waals surface area contributed by atoms with Gasteiger partial charge in [-0.05, 0) is 47.7 Å². The Morgan fingerprint density at radius 1 is 0.952 bits per heavy atom. The fourth-order valence-electron chi connectivity index (χ4n) is 4.53. The van der Waals surface area contributed by atoms with E-state index in [1.165, 1.54) is 28.4 Å². The number of nitrogens with zero attached hydrogens (tertiary/aromatic N) is 2. The number of benzene rings is 3. The third-order valence-corrected chi connectivity index (χ3v) is 7.91. The molecule has 0 bridgehead atoms. The van der Waals surface area contributed by atoms with Crippen LogP contribution in [0.25, 0.3) is 0 Å². The summed E-state index contributed by atoms with van der Waals surface area (Å²) in [7, 11) is -2.15. The minimum absolute atomic E-state index is 0.0000661. The predicted octanol–water partition coefficient (Wildman–Crippen LogP) is 4.79. The maximum Gasteiger partial charge on any atom is 0.243 e. The van der Waals surface area contributed by atoms with Crippen LogP contribution in [-0.2, 0) is 32.6 Å². The maximum atomic E-state index is 13.8. The molecular formula is C32H40FN3O5S. The Morgan fingerprint density at radius 2 is 1.64 bits per heavy atom. The highest BCUT2D eigenvalue weighted by atomic mass is 32.2. The van der Waals surface area contributed by atoms with Crippen LogP contribution in [0.4, 0.5) is 10.1 Å². The molecule has 0 fully saturated rings. The normalized spacial score (nSPS) is 12.0. The predicted molar refractivity (Wildman–Crippen MR) is 163 cm³/mol. The van der Waals surface area contributed by atoms with E-state index in [1.807, 2.05) is 44.2 Å². The van der Waals surface area contributed by atoms with E-state index >= 15 is 0 Å². The Morgan fingerprint density at radius 3 is 2.26 bits per heavy atom. The first-order valence-electron chi connectivity index (χ1n) is 13.9. The molecule has 0 aliphatic carbocycles. The molecule has 0 saturated carbocycles. The summed E-state index contributed by atoms with van der Waals surface area (Å²) in [6.07, 6.45) is 1.62. The van der Waals surface area contributed by atoms with Gasteiger partial charge < -0.3 is 15.0 Å². The molecule has 10 heteroatoms. The van der Waals surface area contributed by atoms with E-state index in [1.54, 1.807) is 36.4 Å². The number of halogens is 1. The van der Waals surface area contributed by atoms with Crippen molar-refractivity contribution in [2.45, 2.75) is 45.7 Å². The minimum atomic E-state index is -3.65. The van der Waals surface area contributed by atoms with Crippen molar-refractivity contribution in [2.24, 2.45) is 5.92 Å². The van der Waals surface area contributed by atoms with Crippen molar-refractivity contribution >= 4 is 27.5 Å². The van der Waals surface area contributed by atoms with Gasteiger partial charge in [0.25, 0.3) is 0 Å². The van der Waals surface area contributed by atoms with E-state index in [-0.39, 0.29) is 50.1 Å². The Hall–Kier alpha value is -3.92. The molecule has 226 valence electrons. The van der Waals surface area contributed by atoms with Gasteiger partial charge in [0.15, 0.2) is 0 Å². The van der Waals surface area contributed by atoms with Gasteiger partial charge in [-0.25, -0.2) is 12.8 Å². The van der Waals surface area contributed by atoms with Gasteiger partial charge in [0.2, 0.25) is 21.8 Å². The first-order valence-corrected chi connectivity index (χ1v) is 15.8. The van der Waals surface area contributed by atoms with Crippen molar-refractivity contribution in [2.75, 3.05) is 30.8 Å². The number of amides is 2. The smallest absolute Gasteiger partial charge is 0.243 e. The number of rotatable bonds is 15. The van der Waals surface area contributed by atoms with Gasteiger partial charge in [-0.2, -0.15) is 0 Å². The highest BCUT2D eigenvalue weighted by Crippen LogP contribution is 2.24. The van der Waals surface area contributed by atoms with Crippen LogP contribution in [0.3, 0.4) is 0 Å². The monoisotopic (exact) mass is 597 g/mol. The third-order valence-electron chi connectivity index (χ3n) is 6.72. The number of carbonyl (C=O) groups excluding carboxylic acids is 2. The van der Waals surface area contributed by atoms with Gasteiger partial charge in [0.1, 0.15) is 17.6 Å². The number of hydrogen-bond acceptors (Lipinski definition) is 5. The van der Waals surface area contributed by atoms with Crippen LogP contribution < -0.4 is 14.4 Å². The molecule has 3 aromatic carbocycles. The molecule has 1 N–H and O–H groups in total. The van der Waals surface area contributed by atoms with Crippen molar-refractivity contribution in [1.82, 2.24) is 10.2 Å². The lowest BCUT2D eigenvalue weighted by Crippen LogP contribution is -2.51. The van der Waals surface area contributed by atoms with Crippen molar-refractivity contribution in [3.63, 3.8) is 0 Å². The number of nitrogens with one attached hydrogen (secondary N) is 1. The highest BCUT2D eigenvalue weighted by Gasteiger charge is 2.30. The van der Waals surface area contributed by atoms with Gasteiger partial charge in [-0.1, -0.05) is 62.4 Å². The second-order valence-corrected chi connectivity index (χ2v) is 12.5. The van der Waals surface area contributed by atoms with Crippen LogP contribution in [-0.4, -0.2) is 57.6 Å². The second kappa shape index (κ2) is 15.3. The molecule has 3 rings (SSSR count). The summed E-state index contributed by atoms with van der Waals surface area (Å²) in [5.74, 6) is -0.258. The van der Waals surface area contributed by atoms with Crippen molar-refractivity contribution in [1.29, 1.82) is 0 Å². The summed E-state index contributed by atoms with van der Waals surface area (Å²) in [6, 6.07) is 21.2. The summed E-state index contributed by atoms with van der Waals surface area (Å²) >= 11 is 0. The van der Waals surface area contributed by atoms with Crippen LogP contribution in [0.5, 0.6) is 5.75 Å². The molecule has 0 aliphatic heterocycles. The summed E-state index contributed by atoms with van der Waals surface area (Å²) in [6.45, 7) is 4.59. The fourth-order valence-corrected chi connectivity index (χ4v) is 5.49. The SMILES string of the molecule is COc1cccc(N(CCCC(=O)N(Cc2ccc(F)cc2)C(Cc2ccccc2)C(=O)NCC(C)C)S(C)(=O)=O)c1. The average Bonchev–Trinajstić information content (AvgIpc) is 2.96. The number of sulfonamides is 1. The van der Waals surface area contributed by atoms with Gasteiger partial charge in [-0.3, -0.25) is 13.9 Å². The lowest BCUT2D eigenvalue weighted by Gasteiger charge is -2.32. The molecule has 0 aliphatic rings. The molecule has 1 atom stereocenters. The number of carbonyl (C=O) groups is 2. The molecule has 1 unspecified atom stereocenters. The highest BCUT2D eigenvalue weighted by molar-refractivity contribution is 7.92. The van der Waals surface area contributed by atoms with E-state index in [0.29, 0.717) is 23.5 Å². The maximum absolute atomic E-state index is 13.8. The fraction of sp³-hybridized carbons (Fsp3) is 0.375. The number of ether oxygens (including phenoxy) is 1. The van der Waals surface area contributed by atoms with Crippen molar-refractivity contribution in [3.05, 3.63) is 95.8 Å². The van der Waals surface area contributed by atoms with Crippen LogP contribution >= 0.6 is 0 Å². The van der Waals surface area contributed by atoms with Crippen LogP contribution in [0.1, 0.15) is 37.8 Å². The average molecular weight is 598 g/mol. The molecule has 0 aromatic heterocycles. The zero-order chi connectivity index (χ0) is 30.7. The summed E-state index contributed by atoms with van der Waals surface area (Å²) < 4.78 is 45.4. The Bertz CT molecular complexity index is 1420. The van der Waals surface area contributed by atoms with E-state index in [4.69, 9.17) is 4.74 Å². The summed E-state index contributed by atoms with van der Waals surface area (Å²) in [4.78, 5) is 28.9. The quantitative estimate of drug-likeness (QED) is 0.272. The first-order chi connectivity index (χ1) is 20.0. The Balaban J connectivity index is 1.88. The van der Waals surface area contributed by atoms with Gasteiger partial charge in [0, 0.05) is 38.5 Å². The van der Waals surface area contributed by atoms with E-state index in [0.717, 1.165) is 11.8 Å². The number of anilines is 1. The lowest BCUT2D eigenvalue weighted by molar-refractivity contribution is -0.141. The van der Waals surface area contributed by atoms with Crippen LogP contribution in [0, 0.1) is 11.7 Å². The molecule has 0 heterocycles. The number of hydrogen-bond donors (Lipinski definition) is 1. The van der Waals surface area contributed by atoms with Crippen LogP contribution in [0.2, 0.25) is 0 Å². The van der Waals surface area contributed by atoms with Crippen LogP contribution in [0.15, 0.2) is 78.9 Å². The van der Waals surface area contributed by atoms with Gasteiger partial charge in [0.05, 0.1) is 19.1 Å². The second-order valence-electron chi connectivity index (χ2n) is 10.6. The largest absolute Gasteiger partial charge is 0.497 e.